The van der Waals surface area contributed by atoms with E-state index in [1.54, 1.807) is 24.3 Å². The van der Waals surface area contributed by atoms with Crippen LogP contribution in [0, 0.1) is 27.7 Å². The lowest BCUT2D eigenvalue weighted by Gasteiger charge is -2.15. The van der Waals surface area contributed by atoms with Gasteiger partial charge in [-0.25, -0.2) is 9.59 Å². The molecule has 54 heavy (non-hydrogen) atoms. The first-order valence-corrected chi connectivity index (χ1v) is 20.5. The molecule has 0 amide bonds. The molecule has 0 aliphatic heterocycles. The average molecular weight is 747 g/mol. The van der Waals surface area contributed by atoms with Gasteiger partial charge >= 0.3 is 11.9 Å². The number of allylic oxidation sites excluding steroid dienone is 3. The van der Waals surface area contributed by atoms with Crippen molar-refractivity contribution in [2.45, 2.75) is 65.0 Å². The second kappa shape index (κ2) is 16.6. The van der Waals surface area contributed by atoms with Crippen LogP contribution in [0.4, 0.5) is 0 Å². The molecule has 0 radical (unpaired) electrons. The standard InChI is InChI=1S/C48H42O4S2/c1-33-28-43(53(39-20-9-5-10-21-39)40-22-11-6-12-23-40)29-34(2)45(33)51-47(49)37-18-17-19-38(32-37)48(50)52-46-35(3)30-44(31-36(46)4)54(41-24-13-7-14-25-41)42-26-15-8-16-27-42/h5-7,9-15,17-32H,8,16H2,1-4H3/q+2. The molecule has 0 aromatic heterocycles. The Morgan fingerprint density at radius 2 is 0.870 bits per heavy atom. The predicted octanol–water partition coefficient (Wildman–Crippen LogP) is 11.7. The van der Waals surface area contributed by atoms with E-state index in [9.17, 15) is 9.59 Å². The molecule has 1 aliphatic carbocycles. The molecule has 1 unspecified atom stereocenters. The van der Waals surface area contributed by atoms with Crippen LogP contribution in [0.1, 0.15) is 55.8 Å². The van der Waals surface area contributed by atoms with Crippen molar-refractivity contribution in [3.63, 3.8) is 0 Å². The zero-order valence-corrected chi connectivity index (χ0v) is 32.5. The Morgan fingerprint density at radius 1 is 0.463 bits per heavy atom. The Labute approximate surface area is 323 Å². The summed E-state index contributed by atoms with van der Waals surface area (Å²) in [5.41, 5.74) is 4.01. The number of aryl methyl sites for hydroxylation is 4. The van der Waals surface area contributed by atoms with E-state index in [2.05, 4.69) is 115 Å². The Balaban J connectivity index is 1.10. The van der Waals surface area contributed by atoms with Crippen LogP contribution < -0.4 is 9.47 Å². The first-order chi connectivity index (χ1) is 26.3. The van der Waals surface area contributed by atoms with Gasteiger partial charge < -0.3 is 9.47 Å². The van der Waals surface area contributed by atoms with E-state index in [-0.39, 0.29) is 32.9 Å². The molecule has 0 saturated heterocycles. The molecule has 4 nitrogen and oxygen atoms in total. The topological polar surface area (TPSA) is 52.6 Å². The lowest BCUT2D eigenvalue weighted by molar-refractivity contribution is 0.0732. The average Bonchev–Trinajstić information content (AvgIpc) is 3.19. The third-order valence-corrected chi connectivity index (χ3v) is 13.6. The fourth-order valence-corrected chi connectivity index (χ4v) is 11.3. The zero-order valence-electron chi connectivity index (χ0n) is 30.9. The number of carbonyl (C=O) groups excluding carboxylic acids is 2. The van der Waals surface area contributed by atoms with Crippen molar-refractivity contribution in [2.75, 3.05) is 0 Å². The summed E-state index contributed by atoms with van der Waals surface area (Å²) in [6.07, 6.45) is 8.89. The van der Waals surface area contributed by atoms with Crippen LogP contribution in [0.5, 0.6) is 11.5 Å². The summed E-state index contributed by atoms with van der Waals surface area (Å²) in [7, 11) is -0.615. The number of carbonyl (C=O) groups is 2. The molecule has 1 atom stereocenters. The number of hydrogen-bond donors (Lipinski definition) is 0. The molecule has 6 aromatic rings. The summed E-state index contributed by atoms with van der Waals surface area (Å²) in [4.78, 5) is 34.5. The molecule has 0 bridgehead atoms. The number of rotatable bonds is 10. The largest absolute Gasteiger partial charge is 0.422 e. The van der Waals surface area contributed by atoms with Crippen molar-refractivity contribution in [1.29, 1.82) is 0 Å². The summed E-state index contributed by atoms with van der Waals surface area (Å²) in [6.45, 7) is 7.88. The minimum atomic E-state index is -0.538. The van der Waals surface area contributed by atoms with Crippen molar-refractivity contribution in [2.24, 2.45) is 0 Å². The fraction of sp³-hybridized carbons (Fsp3) is 0.125. The first-order valence-electron chi connectivity index (χ1n) is 18.0. The van der Waals surface area contributed by atoms with E-state index in [0.29, 0.717) is 11.5 Å². The van der Waals surface area contributed by atoms with Gasteiger partial charge in [-0.2, -0.15) is 0 Å². The molecule has 1 aliphatic rings. The summed E-state index contributed by atoms with van der Waals surface area (Å²) in [5.74, 6) is -0.0294. The maximum atomic E-state index is 13.6. The summed E-state index contributed by atoms with van der Waals surface area (Å²) >= 11 is 0. The first kappa shape index (κ1) is 36.8. The second-order valence-corrected chi connectivity index (χ2v) is 17.3. The maximum absolute atomic E-state index is 13.6. The fourth-order valence-electron chi connectivity index (χ4n) is 6.68. The normalized spacial score (nSPS) is 12.9. The molecular weight excluding hydrogens is 705 g/mol. The van der Waals surface area contributed by atoms with Crippen LogP contribution >= 0.6 is 0 Å². The molecule has 0 fully saturated rings. The number of esters is 2. The van der Waals surface area contributed by atoms with Gasteiger partial charge in [0.25, 0.3) is 0 Å². The minimum Gasteiger partial charge on any atom is -0.422 e. The zero-order chi connectivity index (χ0) is 37.6. The lowest BCUT2D eigenvalue weighted by atomic mass is 10.1. The molecule has 0 spiro atoms. The SMILES string of the molecule is Cc1cc([S+](C2=CCCC=C2)c2ccccc2)cc(C)c1OC(=O)c1cccc(C(=O)Oc2c(C)cc([S+](c3ccccc3)c3ccccc3)cc2C)c1. The third-order valence-electron chi connectivity index (χ3n) is 9.20. The predicted molar refractivity (Wildman–Crippen MR) is 220 cm³/mol. The van der Waals surface area contributed by atoms with Gasteiger partial charge in [-0.05, 0) is 130 Å². The van der Waals surface area contributed by atoms with Gasteiger partial charge in [-0.15, -0.1) is 0 Å². The van der Waals surface area contributed by atoms with E-state index in [4.69, 9.17) is 9.47 Å². The quantitative estimate of drug-likeness (QED) is 0.0796. The van der Waals surface area contributed by atoms with Crippen LogP contribution in [0.25, 0.3) is 0 Å². The molecule has 0 heterocycles. The van der Waals surface area contributed by atoms with Crippen LogP contribution in [-0.2, 0) is 21.8 Å². The highest BCUT2D eigenvalue weighted by atomic mass is 32.2. The monoisotopic (exact) mass is 746 g/mol. The molecule has 268 valence electrons. The van der Waals surface area contributed by atoms with Gasteiger partial charge in [-0.1, -0.05) is 66.7 Å². The summed E-state index contributed by atoms with van der Waals surface area (Å²) in [6, 6.07) is 46.5. The number of benzene rings is 6. The molecule has 6 heteroatoms. The Kier molecular flexibility index (Phi) is 11.3. The smallest absolute Gasteiger partial charge is 0.343 e. The van der Waals surface area contributed by atoms with Crippen LogP contribution in [0.15, 0.2) is 187 Å². The van der Waals surface area contributed by atoms with E-state index < -0.39 is 11.9 Å². The Bertz CT molecular complexity index is 2280. The summed E-state index contributed by atoms with van der Waals surface area (Å²) < 4.78 is 12.1. The molecule has 0 N–H and O–H groups in total. The van der Waals surface area contributed by atoms with Crippen molar-refractivity contribution in [3.8, 4) is 11.5 Å². The lowest BCUT2D eigenvalue weighted by Crippen LogP contribution is -2.15. The highest BCUT2D eigenvalue weighted by Crippen LogP contribution is 2.38. The molecular formula is C48H42O4S2+2. The number of ether oxygens (including phenoxy) is 2. The van der Waals surface area contributed by atoms with Gasteiger partial charge in [0.1, 0.15) is 11.5 Å². The van der Waals surface area contributed by atoms with E-state index in [1.165, 1.54) is 24.5 Å². The molecule has 0 saturated carbocycles. The van der Waals surface area contributed by atoms with Crippen molar-refractivity contribution < 1.29 is 19.1 Å². The van der Waals surface area contributed by atoms with Crippen molar-refractivity contribution >= 4 is 33.7 Å². The van der Waals surface area contributed by atoms with E-state index >= 15 is 0 Å². The van der Waals surface area contributed by atoms with E-state index in [1.807, 2.05) is 45.9 Å². The van der Waals surface area contributed by atoms with Crippen LogP contribution in [-0.4, -0.2) is 11.9 Å². The van der Waals surface area contributed by atoms with Gasteiger partial charge in [0.2, 0.25) is 0 Å². The minimum absolute atomic E-state index is 0.269. The maximum Gasteiger partial charge on any atom is 0.343 e. The van der Waals surface area contributed by atoms with Crippen LogP contribution in [0.2, 0.25) is 0 Å². The van der Waals surface area contributed by atoms with Crippen LogP contribution in [0.3, 0.4) is 0 Å². The van der Waals surface area contributed by atoms with Gasteiger partial charge in [-0.3, -0.25) is 0 Å². The van der Waals surface area contributed by atoms with Crippen molar-refractivity contribution in [1.82, 2.24) is 0 Å². The highest BCUT2D eigenvalue weighted by molar-refractivity contribution is 8.00. The van der Waals surface area contributed by atoms with E-state index in [0.717, 1.165) is 40.0 Å². The van der Waals surface area contributed by atoms with Crippen molar-refractivity contribution in [3.05, 3.63) is 196 Å². The second-order valence-electron chi connectivity index (χ2n) is 13.3. The highest BCUT2D eigenvalue weighted by Gasteiger charge is 2.32. The molecule has 6 aromatic carbocycles. The Hall–Kier alpha value is -5.56. The molecule has 7 rings (SSSR count). The summed E-state index contributed by atoms with van der Waals surface area (Å²) in [5, 5.41) is 0. The third kappa shape index (κ3) is 8.15. The number of hydrogen-bond acceptors (Lipinski definition) is 4. The Morgan fingerprint density at radius 3 is 1.28 bits per heavy atom. The van der Waals surface area contributed by atoms with Gasteiger partial charge in [0.15, 0.2) is 29.4 Å². The van der Waals surface area contributed by atoms with Gasteiger partial charge in [0, 0.05) is 24.3 Å². The van der Waals surface area contributed by atoms with Gasteiger partial charge in [0.05, 0.1) is 32.9 Å².